The van der Waals surface area contributed by atoms with Gasteiger partial charge >= 0.3 is 12.4 Å². The summed E-state index contributed by atoms with van der Waals surface area (Å²) in [4.78, 5) is 1.85. The van der Waals surface area contributed by atoms with Crippen LogP contribution >= 0.6 is 0 Å². The number of rotatable bonds is 4. The maximum absolute atomic E-state index is 13.4. The lowest BCUT2D eigenvalue weighted by Gasteiger charge is -2.37. The molecule has 1 atom stereocenters. The summed E-state index contributed by atoms with van der Waals surface area (Å²) in [7, 11) is 0. The molecule has 0 amide bonds. The van der Waals surface area contributed by atoms with Gasteiger partial charge in [-0.3, -0.25) is 4.90 Å². The predicted molar refractivity (Wildman–Crippen MR) is 83.1 cm³/mol. The number of piperazine rings is 1. The molecule has 1 fully saturated rings. The maximum Gasteiger partial charge on any atom is 0.416 e. The molecule has 1 saturated heterocycles. The van der Waals surface area contributed by atoms with Gasteiger partial charge in [0.15, 0.2) is 0 Å². The number of halogens is 6. The van der Waals surface area contributed by atoms with E-state index in [9.17, 15) is 26.3 Å². The van der Waals surface area contributed by atoms with Gasteiger partial charge in [-0.1, -0.05) is 13.8 Å². The molecule has 0 radical (unpaired) electrons. The van der Waals surface area contributed by atoms with E-state index in [2.05, 4.69) is 5.32 Å². The van der Waals surface area contributed by atoms with Gasteiger partial charge < -0.3 is 5.32 Å². The van der Waals surface area contributed by atoms with Crippen molar-refractivity contribution < 1.29 is 26.3 Å². The van der Waals surface area contributed by atoms with Gasteiger partial charge in [-0.25, -0.2) is 0 Å². The van der Waals surface area contributed by atoms with Crippen LogP contribution in [0.4, 0.5) is 26.3 Å². The van der Waals surface area contributed by atoms with Crippen LogP contribution in [0, 0.1) is 5.92 Å². The monoisotopic (exact) mass is 368 g/mol. The number of alkyl halides is 6. The molecule has 8 heteroatoms. The van der Waals surface area contributed by atoms with Crippen LogP contribution in [-0.4, -0.2) is 31.1 Å². The molecule has 0 aliphatic carbocycles. The van der Waals surface area contributed by atoms with E-state index in [0.29, 0.717) is 50.8 Å². The smallest absolute Gasteiger partial charge is 0.314 e. The SMILES string of the molecule is CC(C)C[C@@H](c1cc(C(F)(F)F)ccc1C(F)(F)F)N1CCNCC1. The van der Waals surface area contributed by atoms with Crippen molar-refractivity contribution in [1.29, 1.82) is 0 Å². The van der Waals surface area contributed by atoms with Gasteiger partial charge in [0.2, 0.25) is 0 Å². The summed E-state index contributed by atoms with van der Waals surface area (Å²) >= 11 is 0. The van der Waals surface area contributed by atoms with Crippen LogP contribution in [0.15, 0.2) is 18.2 Å². The van der Waals surface area contributed by atoms with Crippen LogP contribution in [0.1, 0.15) is 43.0 Å². The number of nitrogens with zero attached hydrogens (tertiary/aromatic N) is 1. The van der Waals surface area contributed by atoms with Gasteiger partial charge in [-0.05, 0) is 36.1 Å². The van der Waals surface area contributed by atoms with E-state index in [4.69, 9.17) is 0 Å². The molecular weight excluding hydrogens is 346 g/mol. The van der Waals surface area contributed by atoms with E-state index in [0.717, 1.165) is 0 Å². The molecule has 25 heavy (non-hydrogen) atoms. The Kier molecular flexibility index (Phi) is 6.04. The van der Waals surface area contributed by atoms with Crippen LogP contribution in [0.3, 0.4) is 0 Å². The zero-order valence-electron chi connectivity index (χ0n) is 14.1. The van der Waals surface area contributed by atoms with E-state index in [-0.39, 0.29) is 11.5 Å². The van der Waals surface area contributed by atoms with Crippen molar-refractivity contribution in [2.45, 2.75) is 38.7 Å². The van der Waals surface area contributed by atoms with Crippen LogP contribution in [0.25, 0.3) is 0 Å². The Hall–Kier alpha value is -1.28. The maximum atomic E-state index is 13.4. The lowest BCUT2D eigenvalue weighted by molar-refractivity contribution is -0.142. The average Bonchev–Trinajstić information content (AvgIpc) is 2.51. The number of hydrogen-bond donors (Lipinski definition) is 1. The molecule has 0 aromatic heterocycles. The summed E-state index contributed by atoms with van der Waals surface area (Å²) < 4.78 is 79.5. The molecule has 142 valence electrons. The third-order valence-corrected chi connectivity index (χ3v) is 4.33. The quantitative estimate of drug-likeness (QED) is 0.774. The molecule has 1 aromatic carbocycles. The zero-order valence-corrected chi connectivity index (χ0v) is 14.1. The lowest BCUT2D eigenvalue weighted by Crippen LogP contribution is -2.45. The van der Waals surface area contributed by atoms with Crippen LogP contribution in [-0.2, 0) is 12.4 Å². The van der Waals surface area contributed by atoms with Crippen LogP contribution in [0.2, 0.25) is 0 Å². The first-order valence-corrected chi connectivity index (χ1v) is 8.23. The molecule has 0 saturated carbocycles. The number of hydrogen-bond acceptors (Lipinski definition) is 2. The standard InChI is InChI=1S/C17H22F6N2/c1-11(2)9-15(25-7-5-24-6-8-25)13-10-12(16(18,19)20)3-4-14(13)17(21,22)23/h3-4,10-11,15,24H,5-9H2,1-2H3/t15-/m0/s1. The normalized spacial score (nSPS) is 18.6. The summed E-state index contributed by atoms with van der Waals surface area (Å²) in [6.07, 6.45) is -9.00. The second-order valence-electron chi connectivity index (χ2n) is 6.73. The lowest BCUT2D eigenvalue weighted by atomic mass is 9.90. The second-order valence-corrected chi connectivity index (χ2v) is 6.73. The fraction of sp³-hybridized carbons (Fsp3) is 0.647. The summed E-state index contributed by atoms with van der Waals surface area (Å²) in [5.41, 5.74) is -2.30. The van der Waals surface area contributed by atoms with Crippen LogP contribution < -0.4 is 5.32 Å². The van der Waals surface area contributed by atoms with E-state index in [1.165, 1.54) is 0 Å². The molecule has 2 nitrogen and oxygen atoms in total. The van der Waals surface area contributed by atoms with E-state index < -0.39 is 29.5 Å². The second kappa shape index (κ2) is 7.53. The molecule has 1 aliphatic rings. The van der Waals surface area contributed by atoms with Gasteiger partial charge in [0.25, 0.3) is 0 Å². The van der Waals surface area contributed by atoms with Crippen LogP contribution in [0.5, 0.6) is 0 Å². The predicted octanol–water partition coefficient (Wildman–Crippen LogP) is 4.72. The topological polar surface area (TPSA) is 15.3 Å². The van der Waals surface area contributed by atoms with Gasteiger partial charge in [-0.15, -0.1) is 0 Å². The van der Waals surface area contributed by atoms with Crippen molar-refractivity contribution in [3.05, 3.63) is 34.9 Å². The minimum absolute atomic E-state index is 0.0514. The van der Waals surface area contributed by atoms with Gasteiger partial charge in [-0.2, -0.15) is 26.3 Å². The molecule has 1 aliphatic heterocycles. The van der Waals surface area contributed by atoms with Crippen molar-refractivity contribution in [1.82, 2.24) is 10.2 Å². The average molecular weight is 368 g/mol. The van der Waals surface area contributed by atoms with Crippen molar-refractivity contribution in [2.24, 2.45) is 5.92 Å². The fourth-order valence-corrected chi connectivity index (χ4v) is 3.19. The molecular formula is C17H22F6N2. The Morgan fingerprint density at radius 3 is 2.08 bits per heavy atom. The zero-order chi connectivity index (χ0) is 18.8. The first-order valence-electron chi connectivity index (χ1n) is 8.23. The Balaban J connectivity index is 2.55. The highest BCUT2D eigenvalue weighted by Gasteiger charge is 2.39. The van der Waals surface area contributed by atoms with Crippen molar-refractivity contribution in [3.8, 4) is 0 Å². The first kappa shape index (κ1) is 20.0. The first-order chi connectivity index (χ1) is 11.5. The third-order valence-electron chi connectivity index (χ3n) is 4.33. The van der Waals surface area contributed by atoms with Gasteiger partial charge in [0, 0.05) is 32.2 Å². The van der Waals surface area contributed by atoms with Gasteiger partial charge in [0.05, 0.1) is 11.1 Å². The molecule has 0 unspecified atom stereocenters. The highest BCUT2D eigenvalue weighted by atomic mass is 19.4. The Labute approximate surface area is 143 Å². The summed E-state index contributed by atoms with van der Waals surface area (Å²) in [5, 5.41) is 3.11. The summed E-state index contributed by atoms with van der Waals surface area (Å²) in [5.74, 6) is 0.0514. The third kappa shape index (κ3) is 5.10. The molecule has 0 bridgehead atoms. The fourth-order valence-electron chi connectivity index (χ4n) is 3.19. The molecule has 1 aromatic rings. The van der Waals surface area contributed by atoms with Crippen molar-refractivity contribution in [3.63, 3.8) is 0 Å². The minimum Gasteiger partial charge on any atom is -0.314 e. The Morgan fingerprint density at radius 1 is 1.00 bits per heavy atom. The Morgan fingerprint density at radius 2 is 1.60 bits per heavy atom. The van der Waals surface area contributed by atoms with Gasteiger partial charge in [0.1, 0.15) is 0 Å². The Bertz CT molecular complexity index is 573. The van der Waals surface area contributed by atoms with Crippen molar-refractivity contribution in [2.75, 3.05) is 26.2 Å². The minimum atomic E-state index is -4.69. The molecule has 1 N–H and O–H groups in total. The van der Waals surface area contributed by atoms with E-state index in [1.807, 2.05) is 18.7 Å². The summed E-state index contributed by atoms with van der Waals surface area (Å²) in [6.45, 7) is 5.94. The highest BCUT2D eigenvalue weighted by Crippen LogP contribution is 2.41. The van der Waals surface area contributed by atoms with Crippen molar-refractivity contribution >= 4 is 0 Å². The van der Waals surface area contributed by atoms with E-state index >= 15 is 0 Å². The largest absolute Gasteiger partial charge is 0.416 e. The molecule has 2 rings (SSSR count). The summed E-state index contributed by atoms with van der Waals surface area (Å²) in [6, 6.07) is 1.06. The molecule has 0 spiro atoms. The molecule has 1 heterocycles. The number of nitrogens with one attached hydrogen (secondary N) is 1. The highest BCUT2D eigenvalue weighted by molar-refractivity contribution is 5.38. The van der Waals surface area contributed by atoms with E-state index in [1.54, 1.807) is 0 Å². The number of benzene rings is 1.